The summed E-state index contributed by atoms with van der Waals surface area (Å²) >= 11 is 0. The van der Waals surface area contributed by atoms with Gasteiger partial charge in [-0.3, -0.25) is 4.68 Å². The molecule has 1 aliphatic rings. The largest absolute Gasteiger partial charge is 0.464 e. The van der Waals surface area contributed by atoms with Gasteiger partial charge < -0.3 is 9.73 Å². The average Bonchev–Trinajstić information content (AvgIpc) is 3.00. The fourth-order valence-electron chi connectivity index (χ4n) is 2.38. The molecule has 4 heteroatoms. The smallest absolute Gasteiger partial charge is 0.137 e. The topological polar surface area (TPSA) is 43.0 Å². The summed E-state index contributed by atoms with van der Waals surface area (Å²) in [7, 11) is 0. The molecule has 3 heterocycles. The number of furan rings is 1. The first-order valence-corrected chi connectivity index (χ1v) is 6.19. The maximum absolute atomic E-state index is 5.36. The lowest BCUT2D eigenvalue weighted by Gasteiger charge is -2.22. The molecule has 0 spiro atoms. The summed E-state index contributed by atoms with van der Waals surface area (Å²) in [6.45, 7) is 3.26. The molecular formula is C13H17N3O. The van der Waals surface area contributed by atoms with Crippen LogP contribution in [0.3, 0.4) is 0 Å². The Hall–Kier alpha value is -1.55. The predicted molar refractivity (Wildman–Crippen MR) is 65.5 cm³/mol. The first-order valence-electron chi connectivity index (χ1n) is 6.19. The quantitative estimate of drug-likeness (QED) is 0.880. The van der Waals surface area contributed by atoms with Crippen molar-refractivity contribution in [3.05, 3.63) is 30.8 Å². The molecule has 2 aromatic rings. The maximum atomic E-state index is 5.36. The van der Waals surface area contributed by atoms with E-state index in [-0.39, 0.29) is 0 Å². The molecule has 4 nitrogen and oxygen atoms in total. The molecule has 1 saturated heterocycles. The monoisotopic (exact) mass is 231 g/mol. The van der Waals surface area contributed by atoms with Crippen molar-refractivity contribution < 1.29 is 4.42 Å². The van der Waals surface area contributed by atoms with Gasteiger partial charge in [0.25, 0.3) is 0 Å². The fourth-order valence-corrected chi connectivity index (χ4v) is 2.38. The second-order valence-corrected chi connectivity index (χ2v) is 4.64. The first kappa shape index (κ1) is 10.6. The highest BCUT2D eigenvalue weighted by molar-refractivity contribution is 5.54. The van der Waals surface area contributed by atoms with Crippen molar-refractivity contribution in [2.45, 2.75) is 19.4 Å². The summed E-state index contributed by atoms with van der Waals surface area (Å²) in [5.41, 5.74) is 1.05. The van der Waals surface area contributed by atoms with Crippen LogP contribution in [0, 0.1) is 5.92 Å². The van der Waals surface area contributed by atoms with Gasteiger partial charge in [-0.25, -0.2) is 0 Å². The van der Waals surface area contributed by atoms with Crippen molar-refractivity contribution >= 4 is 0 Å². The Morgan fingerprint density at radius 1 is 1.53 bits per heavy atom. The van der Waals surface area contributed by atoms with E-state index in [1.54, 1.807) is 6.26 Å². The van der Waals surface area contributed by atoms with Crippen LogP contribution in [0.2, 0.25) is 0 Å². The zero-order valence-electron chi connectivity index (χ0n) is 9.80. The van der Waals surface area contributed by atoms with Crippen LogP contribution in [0.1, 0.15) is 12.8 Å². The third kappa shape index (κ3) is 2.42. The molecule has 0 bridgehead atoms. The zero-order valence-corrected chi connectivity index (χ0v) is 9.80. The third-order valence-corrected chi connectivity index (χ3v) is 3.28. The highest BCUT2D eigenvalue weighted by Crippen LogP contribution is 2.19. The molecule has 1 aliphatic heterocycles. The van der Waals surface area contributed by atoms with E-state index >= 15 is 0 Å². The van der Waals surface area contributed by atoms with E-state index in [4.69, 9.17) is 4.42 Å². The molecule has 1 fully saturated rings. The van der Waals surface area contributed by atoms with Gasteiger partial charge in [0.1, 0.15) is 5.76 Å². The normalized spacial score (nSPS) is 20.6. The standard InChI is InChI=1S/C13H17N3O/c1-3-11(7-14-5-1)9-16-10-12(8-15-16)13-4-2-6-17-13/h2,4,6,8,10-11,14H,1,3,5,7,9H2/t11-/m1/s1. The number of hydrogen-bond donors (Lipinski definition) is 1. The molecule has 0 amide bonds. The van der Waals surface area contributed by atoms with E-state index in [0.717, 1.165) is 31.0 Å². The number of aromatic nitrogens is 2. The van der Waals surface area contributed by atoms with Crippen LogP contribution in [0.25, 0.3) is 11.3 Å². The van der Waals surface area contributed by atoms with Crippen LogP contribution in [0.15, 0.2) is 35.2 Å². The van der Waals surface area contributed by atoms with Gasteiger partial charge in [-0.15, -0.1) is 0 Å². The highest BCUT2D eigenvalue weighted by Gasteiger charge is 2.14. The summed E-state index contributed by atoms with van der Waals surface area (Å²) in [6.07, 6.45) is 8.19. The average molecular weight is 231 g/mol. The molecular weight excluding hydrogens is 214 g/mol. The predicted octanol–water partition coefficient (Wildman–Crippen LogP) is 2.14. The minimum atomic E-state index is 0.702. The van der Waals surface area contributed by atoms with Crippen LogP contribution in [-0.2, 0) is 6.54 Å². The molecule has 3 rings (SSSR count). The summed E-state index contributed by atoms with van der Waals surface area (Å²) in [4.78, 5) is 0. The Balaban J connectivity index is 1.68. The van der Waals surface area contributed by atoms with Crippen LogP contribution >= 0.6 is 0 Å². The van der Waals surface area contributed by atoms with Gasteiger partial charge >= 0.3 is 0 Å². The minimum Gasteiger partial charge on any atom is -0.464 e. The maximum Gasteiger partial charge on any atom is 0.137 e. The van der Waals surface area contributed by atoms with Gasteiger partial charge in [0.05, 0.1) is 18.0 Å². The third-order valence-electron chi connectivity index (χ3n) is 3.28. The highest BCUT2D eigenvalue weighted by atomic mass is 16.3. The number of rotatable bonds is 3. The number of hydrogen-bond acceptors (Lipinski definition) is 3. The SMILES string of the molecule is c1coc(-c2cnn(C[C@@H]3CCCNC3)c2)c1. The van der Waals surface area contributed by atoms with Gasteiger partial charge in [0.15, 0.2) is 0 Å². The summed E-state index contributed by atoms with van der Waals surface area (Å²) in [5, 5.41) is 7.82. The van der Waals surface area contributed by atoms with Crippen LogP contribution in [0.4, 0.5) is 0 Å². The molecule has 1 atom stereocenters. The molecule has 17 heavy (non-hydrogen) atoms. The first-order chi connectivity index (χ1) is 8.42. The van der Waals surface area contributed by atoms with Crippen LogP contribution in [-0.4, -0.2) is 22.9 Å². The van der Waals surface area contributed by atoms with Crippen molar-refractivity contribution in [3.63, 3.8) is 0 Å². The summed E-state index contributed by atoms with van der Waals surface area (Å²) < 4.78 is 7.38. The van der Waals surface area contributed by atoms with Gasteiger partial charge in [0.2, 0.25) is 0 Å². The van der Waals surface area contributed by atoms with E-state index < -0.39 is 0 Å². The van der Waals surface area contributed by atoms with Crippen LogP contribution < -0.4 is 5.32 Å². The number of piperidine rings is 1. The lowest BCUT2D eigenvalue weighted by molar-refractivity contribution is 0.325. The minimum absolute atomic E-state index is 0.702. The van der Waals surface area contributed by atoms with E-state index in [0.29, 0.717) is 5.92 Å². The molecule has 2 aromatic heterocycles. The van der Waals surface area contributed by atoms with Crippen molar-refractivity contribution in [2.75, 3.05) is 13.1 Å². The molecule has 0 saturated carbocycles. The van der Waals surface area contributed by atoms with E-state index in [2.05, 4.69) is 16.6 Å². The Morgan fingerprint density at radius 3 is 3.29 bits per heavy atom. The Morgan fingerprint density at radius 2 is 2.53 bits per heavy atom. The zero-order chi connectivity index (χ0) is 11.5. The second-order valence-electron chi connectivity index (χ2n) is 4.64. The molecule has 0 aromatic carbocycles. The summed E-state index contributed by atoms with van der Waals surface area (Å²) in [5.74, 6) is 1.59. The van der Waals surface area contributed by atoms with E-state index in [1.807, 2.05) is 23.0 Å². The lowest BCUT2D eigenvalue weighted by Crippen LogP contribution is -2.32. The lowest BCUT2D eigenvalue weighted by atomic mass is 10.00. The van der Waals surface area contributed by atoms with E-state index in [1.165, 1.54) is 12.8 Å². The van der Waals surface area contributed by atoms with Crippen molar-refractivity contribution in [1.29, 1.82) is 0 Å². The van der Waals surface area contributed by atoms with Gasteiger partial charge in [-0.1, -0.05) is 0 Å². The summed E-state index contributed by atoms with van der Waals surface area (Å²) in [6, 6.07) is 3.86. The Bertz CT molecular complexity index is 455. The van der Waals surface area contributed by atoms with Crippen LogP contribution in [0.5, 0.6) is 0 Å². The van der Waals surface area contributed by atoms with Crippen molar-refractivity contribution in [3.8, 4) is 11.3 Å². The van der Waals surface area contributed by atoms with Crippen molar-refractivity contribution in [2.24, 2.45) is 5.92 Å². The van der Waals surface area contributed by atoms with E-state index in [9.17, 15) is 0 Å². The van der Waals surface area contributed by atoms with Gasteiger partial charge in [-0.2, -0.15) is 5.10 Å². The molecule has 0 aliphatic carbocycles. The number of nitrogens with zero attached hydrogens (tertiary/aromatic N) is 2. The number of nitrogens with one attached hydrogen (secondary N) is 1. The Labute approximate surface area is 101 Å². The molecule has 1 N–H and O–H groups in total. The van der Waals surface area contributed by atoms with Gasteiger partial charge in [-0.05, 0) is 44.0 Å². The second kappa shape index (κ2) is 4.75. The van der Waals surface area contributed by atoms with Crippen molar-refractivity contribution in [1.82, 2.24) is 15.1 Å². The van der Waals surface area contributed by atoms with Gasteiger partial charge in [0, 0.05) is 12.7 Å². The molecule has 0 unspecified atom stereocenters. The molecule has 90 valence electrons. The Kier molecular flexibility index (Phi) is 2.96. The molecule has 0 radical (unpaired) electrons. The fraction of sp³-hybridized carbons (Fsp3) is 0.462.